The summed E-state index contributed by atoms with van der Waals surface area (Å²) in [5.41, 5.74) is 0.555. The van der Waals surface area contributed by atoms with Crippen LogP contribution in [0.2, 0.25) is 0 Å². The lowest BCUT2D eigenvalue weighted by atomic mass is 10.1. The third-order valence-electron chi connectivity index (χ3n) is 2.30. The fourth-order valence-corrected chi connectivity index (χ4v) is 1.98. The standard InChI is InChI=1S/C12H8F2O2S/c13-12-7-6-10(17(14,15)16)8-11(12)9-4-2-1-3-5-9/h1-8H. The van der Waals surface area contributed by atoms with Crippen molar-refractivity contribution >= 4 is 10.2 Å². The number of hydrogen-bond donors (Lipinski definition) is 0. The molecule has 0 N–H and O–H groups in total. The van der Waals surface area contributed by atoms with Crippen molar-refractivity contribution in [3.05, 3.63) is 54.3 Å². The summed E-state index contributed by atoms with van der Waals surface area (Å²) in [4.78, 5) is -0.544. The van der Waals surface area contributed by atoms with Gasteiger partial charge in [-0.2, -0.15) is 8.42 Å². The van der Waals surface area contributed by atoms with Crippen LogP contribution in [0.5, 0.6) is 0 Å². The Morgan fingerprint density at radius 1 is 0.941 bits per heavy atom. The van der Waals surface area contributed by atoms with Gasteiger partial charge in [0.15, 0.2) is 0 Å². The molecule has 0 unspecified atom stereocenters. The SMILES string of the molecule is O=S(=O)(F)c1ccc(F)c(-c2ccccc2)c1. The zero-order chi connectivity index (χ0) is 12.5. The van der Waals surface area contributed by atoms with Gasteiger partial charge in [-0.15, -0.1) is 3.89 Å². The minimum atomic E-state index is -4.82. The Labute approximate surface area is 97.7 Å². The summed E-state index contributed by atoms with van der Waals surface area (Å²) in [7, 11) is -4.82. The molecule has 0 bridgehead atoms. The molecule has 2 nitrogen and oxygen atoms in total. The fraction of sp³-hybridized carbons (Fsp3) is 0. The maximum atomic E-state index is 13.5. The summed E-state index contributed by atoms with van der Waals surface area (Å²) >= 11 is 0. The highest BCUT2D eigenvalue weighted by molar-refractivity contribution is 7.86. The van der Waals surface area contributed by atoms with Crippen LogP contribution in [-0.2, 0) is 10.2 Å². The summed E-state index contributed by atoms with van der Waals surface area (Å²) in [6.45, 7) is 0. The van der Waals surface area contributed by atoms with E-state index in [1.807, 2.05) is 0 Å². The van der Waals surface area contributed by atoms with E-state index >= 15 is 0 Å². The van der Waals surface area contributed by atoms with Gasteiger partial charge in [-0.25, -0.2) is 4.39 Å². The van der Waals surface area contributed by atoms with Crippen LogP contribution in [0, 0.1) is 5.82 Å². The van der Waals surface area contributed by atoms with E-state index in [9.17, 15) is 16.7 Å². The van der Waals surface area contributed by atoms with E-state index in [-0.39, 0.29) is 5.56 Å². The van der Waals surface area contributed by atoms with Crippen molar-refractivity contribution in [3.8, 4) is 11.1 Å². The predicted octanol–water partition coefficient (Wildman–Crippen LogP) is 3.15. The number of benzene rings is 2. The Hall–Kier alpha value is -1.75. The molecular weight excluding hydrogens is 246 g/mol. The van der Waals surface area contributed by atoms with Gasteiger partial charge in [0.25, 0.3) is 0 Å². The molecule has 2 aromatic rings. The van der Waals surface area contributed by atoms with Gasteiger partial charge in [-0.1, -0.05) is 30.3 Å². The Kier molecular flexibility index (Phi) is 2.93. The van der Waals surface area contributed by atoms with Crippen molar-refractivity contribution in [2.24, 2.45) is 0 Å². The zero-order valence-electron chi connectivity index (χ0n) is 8.60. The van der Waals surface area contributed by atoms with Gasteiger partial charge in [-0.3, -0.25) is 0 Å². The minimum absolute atomic E-state index is 0.0596. The highest BCUT2D eigenvalue weighted by Crippen LogP contribution is 2.26. The third kappa shape index (κ3) is 2.50. The van der Waals surface area contributed by atoms with Crippen molar-refractivity contribution in [1.29, 1.82) is 0 Å². The monoisotopic (exact) mass is 254 g/mol. The first kappa shape index (κ1) is 11.7. The second-order valence-corrected chi connectivity index (χ2v) is 4.79. The normalized spacial score (nSPS) is 11.4. The number of halogens is 2. The molecule has 5 heteroatoms. The number of hydrogen-bond acceptors (Lipinski definition) is 2. The summed E-state index contributed by atoms with van der Waals surface area (Å²) < 4.78 is 47.8. The van der Waals surface area contributed by atoms with Crippen LogP contribution in [0.3, 0.4) is 0 Å². The van der Waals surface area contributed by atoms with Gasteiger partial charge in [0.1, 0.15) is 5.82 Å². The molecule has 0 saturated heterocycles. The molecule has 0 radical (unpaired) electrons. The molecular formula is C12H8F2O2S. The van der Waals surface area contributed by atoms with Gasteiger partial charge in [0.2, 0.25) is 0 Å². The molecule has 0 fully saturated rings. The second-order valence-electron chi connectivity index (χ2n) is 3.45. The molecule has 0 aliphatic rings. The van der Waals surface area contributed by atoms with E-state index in [0.717, 1.165) is 18.2 Å². The second kappa shape index (κ2) is 4.25. The molecule has 0 amide bonds. The summed E-state index contributed by atoms with van der Waals surface area (Å²) in [6.07, 6.45) is 0. The third-order valence-corrected chi connectivity index (χ3v) is 3.12. The highest BCUT2D eigenvalue weighted by Gasteiger charge is 2.15. The molecule has 88 valence electrons. The van der Waals surface area contributed by atoms with Crippen molar-refractivity contribution in [3.63, 3.8) is 0 Å². The Bertz CT molecular complexity index is 637. The predicted molar refractivity (Wildman–Crippen MR) is 60.1 cm³/mol. The van der Waals surface area contributed by atoms with Crippen LogP contribution in [0.25, 0.3) is 11.1 Å². The lowest BCUT2D eigenvalue weighted by Crippen LogP contribution is -1.94. The first-order valence-corrected chi connectivity index (χ1v) is 6.16. The Morgan fingerprint density at radius 2 is 1.59 bits per heavy atom. The van der Waals surface area contributed by atoms with E-state index in [2.05, 4.69) is 0 Å². The molecule has 0 aliphatic carbocycles. The molecule has 0 atom stereocenters. The van der Waals surface area contributed by atoms with Crippen molar-refractivity contribution in [1.82, 2.24) is 0 Å². The smallest absolute Gasteiger partial charge is 0.206 e. The molecule has 0 spiro atoms. The molecule has 17 heavy (non-hydrogen) atoms. The van der Waals surface area contributed by atoms with Gasteiger partial charge >= 0.3 is 10.2 Å². The van der Waals surface area contributed by atoms with E-state index in [1.54, 1.807) is 30.3 Å². The average molecular weight is 254 g/mol. The van der Waals surface area contributed by atoms with Crippen LogP contribution in [0.15, 0.2) is 53.4 Å². The van der Waals surface area contributed by atoms with Gasteiger partial charge in [0.05, 0.1) is 4.90 Å². The molecule has 0 saturated carbocycles. The molecule has 0 heterocycles. The minimum Gasteiger partial charge on any atom is -0.206 e. The molecule has 0 aromatic heterocycles. The maximum Gasteiger partial charge on any atom is 0.332 e. The lowest BCUT2D eigenvalue weighted by Gasteiger charge is -2.04. The van der Waals surface area contributed by atoms with E-state index < -0.39 is 20.9 Å². The lowest BCUT2D eigenvalue weighted by molar-refractivity contribution is 0.551. The highest BCUT2D eigenvalue weighted by atomic mass is 32.3. The first-order chi connectivity index (χ1) is 7.98. The van der Waals surface area contributed by atoms with Crippen LogP contribution in [-0.4, -0.2) is 8.42 Å². The van der Waals surface area contributed by atoms with Gasteiger partial charge in [0, 0.05) is 5.56 Å². The Balaban J connectivity index is 2.63. The summed E-state index contributed by atoms with van der Waals surface area (Å²) in [6, 6.07) is 11.2. The fourth-order valence-electron chi connectivity index (χ4n) is 1.49. The molecule has 2 aromatic carbocycles. The summed E-state index contributed by atoms with van der Waals surface area (Å²) in [5.74, 6) is -0.594. The topological polar surface area (TPSA) is 34.1 Å². The van der Waals surface area contributed by atoms with Gasteiger partial charge in [-0.05, 0) is 23.8 Å². The Morgan fingerprint density at radius 3 is 2.18 bits per heavy atom. The first-order valence-electron chi connectivity index (χ1n) is 4.78. The number of rotatable bonds is 2. The van der Waals surface area contributed by atoms with Crippen LogP contribution < -0.4 is 0 Å². The van der Waals surface area contributed by atoms with Crippen LogP contribution in [0.1, 0.15) is 0 Å². The molecule has 2 rings (SSSR count). The largest absolute Gasteiger partial charge is 0.332 e. The quantitative estimate of drug-likeness (QED) is 0.771. The summed E-state index contributed by atoms with van der Waals surface area (Å²) in [5, 5.41) is 0. The van der Waals surface area contributed by atoms with Crippen molar-refractivity contribution < 1.29 is 16.7 Å². The zero-order valence-corrected chi connectivity index (χ0v) is 9.42. The van der Waals surface area contributed by atoms with Crippen molar-refractivity contribution in [2.75, 3.05) is 0 Å². The van der Waals surface area contributed by atoms with Gasteiger partial charge < -0.3 is 0 Å². The van der Waals surface area contributed by atoms with E-state index in [0.29, 0.717) is 5.56 Å². The molecule has 0 aliphatic heterocycles. The average Bonchev–Trinajstić information content (AvgIpc) is 2.29. The van der Waals surface area contributed by atoms with Crippen LogP contribution in [0.4, 0.5) is 8.28 Å². The van der Waals surface area contributed by atoms with Crippen molar-refractivity contribution in [2.45, 2.75) is 4.90 Å². The van der Waals surface area contributed by atoms with E-state index in [1.165, 1.54) is 0 Å². The van der Waals surface area contributed by atoms with E-state index in [4.69, 9.17) is 0 Å². The van der Waals surface area contributed by atoms with Crippen LogP contribution >= 0.6 is 0 Å². The maximum absolute atomic E-state index is 13.5.